The second kappa shape index (κ2) is 68.3. The van der Waals surface area contributed by atoms with Crippen molar-refractivity contribution < 1.29 is 28.6 Å². The predicted octanol–water partition coefficient (Wildman–Crippen LogP) is 24.1. The van der Waals surface area contributed by atoms with Gasteiger partial charge in [-0.2, -0.15) is 0 Å². The van der Waals surface area contributed by atoms with Crippen LogP contribution in [-0.2, 0) is 28.6 Å². The monoisotopic (exact) mass is 1120 g/mol. The van der Waals surface area contributed by atoms with Gasteiger partial charge in [-0.25, -0.2) is 0 Å². The van der Waals surface area contributed by atoms with Gasteiger partial charge in [0.2, 0.25) is 0 Å². The number of carbonyl (C=O) groups excluding carboxylic acids is 3. The molecule has 1 atom stereocenters. The third kappa shape index (κ3) is 65.7. The Morgan fingerprint density at radius 3 is 0.775 bits per heavy atom. The van der Waals surface area contributed by atoms with Gasteiger partial charge < -0.3 is 14.2 Å². The van der Waals surface area contributed by atoms with Gasteiger partial charge in [-0.05, 0) is 109 Å². The van der Waals surface area contributed by atoms with Crippen LogP contribution in [0.5, 0.6) is 0 Å². The molecule has 0 amide bonds. The molecular weight excluding hydrogens is 985 g/mol. The summed E-state index contributed by atoms with van der Waals surface area (Å²) in [6.07, 6.45) is 89.1. The van der Waals surface area contributed by atoms with Gasteiger partial charge in [0.15, 0.2) is 6.10 Å². The van der Waals surface area contributed by atoms with Crippen molar-refractivity contribution in [3.63, 3.8) is 0 Å². The Morgan fingerprint density at radius 2 is 0.487 bits per heavy atom. The van der Waals surface area contributed by atoms with Crippen molar-refractivity contribution in [1.29, 1.82) is 0 Å². The van der Waals surface area contributed by atoms with Crippen LogP contribution >= 0.6 is 0 Å². The lowest BCUT2D eigenvalue weighted by Crippen LogP contribution is -2.30. The van der Waals surface area contributed by atoms with Crippen LogP contribution < -0.4 is 0 Å². The summed E-state index contributed by atoms with van der Waals surface area (Å²) in [6, 6.07) is 0. The van der Waals surface area contributed by atoms with Crippen molar-refractivity contribution >= 4 is 17.9 Å². The summed E-state index contributed by atoms with van der Waals surface area (Å²) in [5.41, 5.74) is 0. The lowest BCUT2D eigenvalue weighted by atomic mass is 10.0. The van der Waals surface area contributed by atoms with E-state index >= 15 is 0 Å². The summed E-state index contributed by atoms with van der Waals surface area (Å²) in [6.45, 7) is 6.57. The minimum atomic E-state index is -0.782. The van der Waals surface area contributed by atoms with E-state index in [4.69, 9.17) is 14.2 Å². The summed E-state index contributed by atoms with van der Waals surface area (Å²) in [5, 5.41) is 0. The first-order chi connectivity index (χ1) is 39.5. The number of unbranched alkanes of at least 4 members (excludes halogenated alkanes) is 41. The normalized spacial score (nSPS) is 12.5. The van der Waals surface area contributed by atoms with E-state index in [1.165, 1.54) is 238 Å². The molecule has 0 radical (unpaired) electrons. The highest BCUT2D eigenvalue weighted by molar-refractivity contribution is 5.71. The molecule has 0 fully saturated rings. The van der Waals surface area contributed by atoms with Crippen LogP contribution in [0.3, 0.4) is 0 Å². The van der Waals surface area contributed by atoms with Gasteiger partial charge in [0.1, 0.15) is 13.2 Å². The van der Waals surface area contributed by atoms with Crippen LogP contribution in [0.2, 0.25) is 0 Å². The Hall–Kier alpha value is -3.15. The second-order valence-electron chi connectivity index (χ2n) is 23.4. The molecule has 0 bridgehead atoms. The van der Waals surface area contributed by atoms with Crippen LogP contribution in [0.15, 0.2) is 72.9 Å². The van der Waals surface area contributed by atoms with Gasteiger partial charge >= 0.3 is 17.9 Å². The predicted molar refractivity (Wildman–Crippen MR) is 348 cm³/mol. The SMILES string of the molecule is CC/C=C\C/C=C\C/C=C\C/C=C\CCCCCCCCCCCCC(=O)OCC(COC(=O)CCCCCCCCC/C=C\CCCCCCCCC)OC(=O)CCCCCCCCCCC/C=C\CCCCCCCCCC. The molecule has 0 saturated carbocycles. The quantitative estimate of drug-likeness (QED) is 0.0261. The molecule has 1 unspecified atom stereocenters. The van der Waals surface area contributed by atoms with Crippen LogP contribution in [-0.4, -0.2) is 37.2 Å². The molecule has 0 heterocycles. The van der Waals surface area contributed by atoms with Gasteiger partial charge in [0, 0.05) is 19.3 Å². The fourth-order valence-corrected chi connectivity index (χ4v) is 10.2. The van der Waals surface area contributed by atoms with Gasteiger partial charge in [-0.3, -0.25) is 14.4 Å². The van der Waals surface area contributed by atoms with E-state index in [0.717, 1.165) is 83.5 Å². The Bertz CT molecular complexity index is 1470. The summed E-state index contributed by atoms with van der Waals surface area (Å²) in [7, 11) is 0. The lowest BCUT2D eigenvalue weighted by molar-refractivity contribution is -0.167. The molecule has 0 aromatic carbocycles. The van der Waals surface area contributed by atoms with Gasteiger partial charge in [0.25, 0.3) is 0 Å². The standard InChI is InChI=1S/C74H132O6/c1-4-7-10-13-16-19-22-25-28-31-34-36-37-39-40-43-46-49-52-55-58-61-64-67-73(76)79-70-71(69-78-72(75)66-63-60-57-54-51-48-45-42-33-30-27-24-21-18-15-12-9-6-3)80-74(77)68-65-62-59-56-53-50-47-44-41-38-35-32-29-26-23-20-17-14-11-8-5-2/h7,10,16,19,25,28,30,32-36,71H,4-6,8-9,11-15,17-18,20-24,26-27,29,31,37-70H2,1-3H3/b10-7-,19-16-,28-25-,33-30-,35-32-,36-34-. The summed E-state index contributed by atoms with van der Waals surface area (Å²) in [4.78, 5) is 38.5. The molecule has 0 aromatic rings. The van der Waals surface area contributed by atoms with E-state index in [1.54, 1.807) is 0 Å². The molecule has 0 saturated heterocycles. The van der Waals surface area contributed by atoms with E-state index in [0.29, 0.717) is 19.3 Å². The maximum Gasteiger partial charge on any atom is 0.306 e. The smallest absolute Gasteiger partial charge is 0.306 e. The van der Waals surface area contributed by atoms with Gasteiger partial charge in [-0.15, -0.1) is 0 Å². The van der Waals surface area contributed by atoms with E-state index < -0.39 is 6.10 Å². The molecule has 0 aromatic heterocycles. The maximum absolute atomic E-state index is 13.0. The number of allylic oxidation sites excluding steroid dienone is 12. The highest BCUT2D eigenvalue weighted by atomic mass is 16.6. The molecule has 0 spiro atoms. The molecule has 0 aliphatic carbocycles. The molecule has 0 N–H and O–H groups in total. The Kier molecular flexibility index (Phi) is 65.7. The third-order valence-corrected chi connectivity index (χ3v) is 15.4. The number of esters is 3. The van der Waals surface area contributed by atoms with E-state index in [9.17, 15) is 14.4 Å². The zero-order chi connectivity index (χ0) is 57.8. The number of carbonyl (C=O) groups is 3. The number of hydrogen-bond acceptors (Lipinski definition) is 6. The largest absolute Gasteiger partial charge is 0.462 e. The van der Waals surface area contributed by atoms with Crippen LogP contribution in [0.25, 0.3) is 0 Å². The van der Waals surface area contributed by atoms with Crippen molar-refractivity contribution in [2.45, 2.75) is 367 Å². The first-order valence-electron chi connectivity index (χ1n) is 34.9. The van der Waals surface area contributed by atoms with E-state index in [2.05, 4.69) is 93.7 Å². The zero-order valence-electron chi connectivity index (χ0n) is 53.3. The molecule has 6 heteroatoms. The fraction of sp³-hybridized carbons (Fsp3) is 0.797. The number of hydrogen-bond donors (Lipinski definition) is 0. The summed E-state index contributed by atoms with van der Waals surface area (Å²) < 4.78 is 17.0. The van der Waals surface area contributed by atoms with Gasteiger partial charge in [0.05, 0.1) is 0 Å². The first-order valence-corrected chi connectivity index (χ1v) is 34.9. The topological polar surface area (TPSA) is 78.9 Å². The minimum Gasteiger partial charge on any atom is -0.462 e. The maximum atomic E-state index is 13.0. The average Bonchev–Trinajstić information content (AvgIpc) is 3.46. The zero-order valence-corrected chi connectivity index (χ0v) is 53.3. The van der Waals surface area contributed by atoms with Crippen molar-refractivity contribution in [3.05, 3.63) is 72.9 Å². The van der Waals surface area contributed by atoms with Gasteiger partial charge in [-0.1, -0.05) is 306 Å². The highest BCUT2D eigenvalue weighted by Crippen LogP contribution is 2.17. The first kappa shape index (κ1) is 76.9. The molecular formula is C74H132O6. The Labute approximate surface area is 497 Å². The van der Waals surface area contributed by atoms with Crippen molar-refractivity contribution in [2.24, 2.45) is 0 Å². The minimum absolute atomic E-state index is 0.0772. The molecule has 6 nitrogen and oxygen atoms in total. The van der Waals surface area contributed by atoms with E-state index in [1.807, 2.05) is 0 Å². The summed E-state index contributed by atoms with van der Waals surface area (Å²) >= 11 is 0. The molecule has 464 valence electrons. The van der Waals surface area contributed by atoms with Crippen molar-refractivity contribution in [2.75, 3.05) is 13.2 Å². The van der Waals surface area contributed by atoms with Crippen molar-refractivity contribution in [3.8, 4) is 0 Å². The van der Waals surface area contributed by atoms with Crippen LogP contribution in [0.4, 0.5) is 0 Å². The molecule has 0 aliphatic rings. The average molecular weight is 1120 g/mol. The Morgan fingerprint density at radius 1 is 0.263 bits per heavy atom. The van der Waals surface area contributed by atoms with Crippen LogP contribution in [0, 0.1) is 0 Å². The van der Waals surface area contributed by atoms with Crippen LogP contribution in [0.1, 0.15) is 361 Å². The van der Waals surface area contributed by atoms with E-state index in [-0.39, 0.29) is 31.1 Å². The highest BCUT2D eigenvalue weighted by Gasteiger charge is 2.19. The summed E-state index contributed by atoms with van der Waals surface area (Å²) in [5.74, 6) is -0.867. The molecule has 80 heavy (non-hydrogen) atoms. The second-order valence-corrected chi connectivity index (χ2v) is 23.4. The number of ether oxygens (including phenoxy) is 3. The molecule has 0 rings (SSSR count). The lowest BCUT2D eigenvalue weighted by Gasteiger charge is -2.18. The van der Waals surface area contributed by atoms with Crippen molar-refractivity contribution in [1.82, 2.24) is 0 Å². The molecule has 0 aliphatic heterocycles. The fourth-order valence-electron chi connectivity index (χ4n) is 10.2. The third-order valence-electron chi connectivity index (χ3n) is 15.4. The Balaban J connectivity index is 4.36. The number of rotatable bonds is 64.